The Hall–Kier alpha value is -4.65. The number of nitrogens with zero attached hydrogens (tertiary/aromatic N) is 8. The lowest BCUT2D eigenvalue weighted by Gasteiger charge is -2.26. The highest BCUT2D eigenvalue weighted by atomic mass is 35.5. The van der Waals surface area contributed by atoms with E-state index in [1.807, 2.05) is 44.2 Å². The third kappa shape index (κ3) is 4.71. The number of hydrogen-bond acceptors (Lipinski definition) is 8. The van der Waals surface area contributed by atoms with E-state index in [9.17, 15) is 10.1 Å². The first kappa shape index (κ1) is 28.1. The third-order valence-electron chi connectivity index (χ3n) is 7.42. The number of fused-ring (bicyclic) bond motifs is 2. The molecule has 4 heterocycles. The van der Waals surface area contributed by atoms with Gasteiger partial charge in [-0.15, -0.1) is 10.2 Å². The SMILES string of the molecule is Cc1nn(-c2ccc(Cl)cc2)c2c1C(c1ccc(Sc3nncn3C)c([N+](=O)[O-])c1)c1c(C)nn(-c3ccc(Cl)cc3)c1O2. The summed E-state index contributed by atoms with van der Waals surface area (Å²) >= 11 is 13.5. The summed E-state index contributed by atoms with van der Waals surface area (Å²) in [7, 11) is 1.79. The summed E-state index contributed by atoms with van der Waals surface area (Å²) in [6, 6.07) is 19.8. The highest BCUT2D eigenvalue weighted by Crippen LogP contribution is 2.52. The molecule has 0 radical (unpaired) electrons. The minimum atomic E-state index is -0.469. The quantitative estimate of drug-likeness (QED) is 0.135. The van der Waals surface area contributed by atoms with Crippen LogP contribution in [0.2, 0.25) is 10.0 Å². The van der Waals surface area contributed by atoms with Gasteiger partial charge in [0, 0.05) is 40.2 Å². The Morgan fingerprint density at radius 2 is 1.41 bits per heavy atom. The van der Waals surface area contributed by atoms with Crippen molar-refractivity contribution in [3.63, 3.8) is 0 Å². The fourth-order valence-electron chi connectivity index (χ4n) is 5.39. The summed E-state index contributed by atoms with van der Waals surface area (Å²) in [5, 5.41) is 31.8. The molecule has 7 rings (SSSR count). The number of rotatable bonds is 6. The lowest BCUT2D eigenvalue weighted by molar-refractivity contribution is -0.387. The Balaban J connectivity index is 1.45. The Morgan fingerprint density at radius 3 is 1.89 bits per heavy atom. The summed E-state index contributed by atoms with van der Waals surface area (Å²) < 4.78 is 11.8. The Bertz CT molecular complexity index is 1970. The number of ether oxygens (including phenoxy) is 1. The number of nitro groups is 1. The first-order valence-corrected chi connectivity index (χ1v) is 15.0. The van der Waals surface area contributed by atoms with Crippen molar-refractivity contribution >= 4 is 40.7 Å². The minimum absolute atomic E-state index is 0.0458. The van der Waals surface area contributed by atoms with Gasteiger partial charge in [-0.2, -0.15) is 10.2 Å². The average molecular weight is 646 g/mol. The second kappa shape index (κ2) is 10.8. The van der Waals surface area contributed by atoms with Crippen LogP contribution >= 0.6 is 35.0 Å². The van der Waals surface area contributed by atoms with Crippen molar-refractivity contribution in [2.24, 2.45) is 7.05 Å². The molecular weight excluding hydrogens is 623 g/mol. The molecule has 0 unspecified atom stereocenters. The second-order valence-corrected chi connectivity index (χ2v) is 12.1. The number of aryl methyl sites for hydroxylation is 3. The van der Waals surface area contributed by atoms with Gasteiger partial charge in [0.25, 0.3) is 5.69 Å². The molecule has 1 aliphatic rings. The van der Waals surface area contributed by atoms with Gasteiger partial charge in [-0.05, 0) is 85.8 Å². The predicted molar refractivity (Wildman–Crippen MR) is 166 cm³/mol. The molecule has 0 amide bonds. The molecule has 1 aliphatic heterocycles. The van der Waals surface area contributed by atoms with Gasteiger partial charge >= 0.3 is 0 Å². The smallest absolute Gasteiger partial charge is 0.283 e. The number of aromatic nitrogens is 7. The summed E-state index contributed by atoms with van der Waals surface area (Å²) in [6.07, 6.45) is 1.55. The molecule has 11 nitrogen and oxygen atoms in total. The molecule has 0 atom stereocenters. The molecule has 220 valence electrons. The number of nitro benzene ring substituents is 1. The maximum absolute atomic E-state index is 12.4. The maximum Gasteiger partial charge on any atom is 0.283 e. The average Bonchev–Trinajstić information content (AvgIpc) is 3.68. The first-order chi connectivity index (χ1) is 21.2. The van der Waals surface area contributed by atoms with Crippen LogP contribution in [0.4, 0.5) is 5.69 Å². The van der Waals surface area contributed by atoms with Crippen LogP contribution in [0.3, 0.4) is 0 Å². The summed E-state index contributed by atoms with van der Waals surface area (Å²) in [6.45, 7) is 3.80. The molecule has 44 heavy (non-hydrogen) atoms. The molecule has 0 bridgehead atoms. The highest BCUT2D eigenvalue weighted by molar-refractivity contribution is 7.99. The lowest BCUT2D eigenvalue weighted by Crippen LogP contribution is -2.15. The van der Waals surface area contributed by atoms with Crippen molar-refractivity contribution in [3.05, 3.63) is 121 Å². The van der Waals surface area contributed by atoms with Gasteiger partial charge in [-0.1, -0.05) is 29.3 Å². The Labute approximate surface area is 265 Å². The molecule has 14 heteroatoms. The van der Waals surface area contributed by atoms with Crippen molar-refractivity contribution < 1.29 is 9.66 Å². The standard InChI is InChI=1S/C30H22Cl2N8O3S/c1-16-25-27(18-4-13-24(23(14-18)40(41)42)44-30-34-33-15-37(30)3)26-17(2)36-39(22-11-7-20(32)8-12-22)29(26)43-28(25)38(35-16)21-9-5-19(31)6-10-21/h4-15,27H,1-3H3. The van der Waals surface area contributed by atoms with E-state index in [1.165, 1.54) is 11.8 Å². The van der Waals surface area contributed by atoms with Crippen LogP contribution < -0.4 is 4.74 Å². The highest BCUT2D eigenvalue weighted by Gasteiger charge is 2.40. The molecule has 0 saturated heterocycles. The molecule has 3 aromatic carbocycles. The topological polar surface area (TPSA) is 119 Å². The van der Waals surface area contributed by atoms with Gasteiger partial charge in [0.1, 0.15) is 6.33 Å². The van der Waals surface area contributed by atoms with Crippen LogP contribution in [-0.4, -0.2) is 39.2 Å². The van der Waals surface area contributed by atoms with Gasteiger partial charge < -0.3 is 9.30 Å². The van der Waals surface area contributed by atoms with E-state index in [4.69, 9.17) is 38.1 Å². The monoisotopic (exact) mass is 644 g/mol. The van der Waals surface area contributed by atoms with Crippen LogP contribution in [0, 0.1) is 24.0 Å². The van der Waals surface area contributed by atoms with Crippen LogP contribution in [-0.2, 0) is 7.05 Å². The van der Waals surface area contributed by atoms with Crippen molar-refractivity contribution in [1.29, 1.82) is 0 Å². The summed E-state index contributed by atoms with van der Waals surface area (Å²) in [5.41, 5.74) is 5.14. The number of benzene rings is 3. The molecule has 3 aromatic heterocycles. The minimum Gasteiger partial charge on any atom is -0.420 e. The molecule has 0 saturated carbocycles. The van der Waals surface area contributed by atoms with E-state index in [2.05, 4.69) is 10.2 Å². The number of halogens is 2. The van der Waals surface area contributed by atoms with Gasteiger partial charge in [-0.3, -0.25) is 10.1 Å². The summed E-state index contributed by atoms with van der Waals surface area (Å²) in [5.74, 6) is 0.499. The van der Waals surface area contributed by atoms with Crippen LogP contribution in [0.15, 0.2) is 83.1 Å². The van der Waals surface area contributed by atoms with E-state index >= 15 is 0 Å². The van der Waals surface area contributed by atoms with E-state index in [-0.39, 0.29) is 10.6 Å². The van der Waals surface area contributed by atoms with E-state index in [1.54, 1.807) is 63.7 Å². The Kier molecular flexibility index (Phi) is 6.91. The zero-order chi connectivity index (χ0) is 30.7. The van der Waals surface area contributed by atoms with E-state index in [0.29, 0.717) is 48.8 Å². The van der Waals surface area contributed by atoms with Crippen molar-refractivity contribution in [3.8, 4) is 23.1 Å². The molecule has 6 aromatic rings. The fourth-order valence-corrected chi connectivity index (χ4v) is 6.49. The molecule has 0 fully saturated rings. The van der Waals surface area contributed by atoms with Crippen molar-refractivity contribution in [1.82, 2.24) is 34.3 Å². The van der Waals surface area contributed by atoms with Gasteiger partial charge in [0.2, 0.25) is 11.8 Å². The second-order valence-electron chi connectivity index (χ2n) is 10.2. The third-order valence-corrected chi connectivity index (χ3v) is 9.04. The molecule has 0 spiro atoms. The maximum atomic E-state index is 12.4. The number of hydrogen-bond donors (Lipinski definition) is 0. The molecule has 0 aliphatic carbocycles. The normalized spacial score (nSPS) is 12.6. The Morgan fingerprint density at radius 1 is 0.864 bits per heavy atom. The van der Waals surface area contributed by atoms with Crippen LogP contribution in [0.1, 0.15) is 34.0 Å². The zero-order valence-electron chi connectivity index (χ0n) is 23.5. The van der Waals surface area contributed by atoms with Crippen LogP contribution in [0.5, 0.6) is 11.8 Å². The molecule has 0 N–H and O–H groups in total. The summed E-state index contributed by atoms with van der Waals surface area (Å²) in [4.78, 5) is 12.5. The largest absolute Gasteiger partial charge is 0.420 e. The predicted octanol–water partition coefficient (Wildman–Crippen LogP) is 7.46. The first-order valence-electron chi connectivity index (χ1n) is 13.4. The molecular formula is C30H22Cl2N8O3S. The van der Waals surface area contributed by atoms with Crippen molar-refractivity contribution in [2.75, 3.05) is 0 Å². The van der Waals surface area contributed by atoms with E-state index in [0.717, 1.165) is 22.5 Å². The van der Waals surface area contributed by atoms with Crippen molar-refractivity contribution in [2.45, 2.75) is 29.8 Å². The van der Waals surface area contributed by atoms with E-state index < -0.39 is 5.92 Å². The van der Waals surface area contributed by atoms with Gasteiger partial charge in [0.15, 0.2) is 5.16 Å². The van der Waals surface area contributed by atoms with Gasteiger partial charge in [0.05, 0.1) is 32.6 Å². The fraction of sp³-hybridized carbons (Fsp3) is 0.133. The van der Waals surface area contributed by atoms with Gasteiger partial charge in [-0.25, -0.2) is 9.36 Å². The lowest BCUT2D eigenvalue weighted by atomic mass is 9.83. The zero-order valence-corrected chi connectivity index (χ0v) is 25.8. The van der Waals surface area contributed by atoms with Crippen LogP contribution in [0.25, 0.3) is 11.4 Å².